The Labute approximate surface area is 178 Å². The SMILES string of the molecule is C=C(C)n1c(=O)n(CC(=O)c2c(-c3ccccc3)nc3ccccn23)c2ccccc21. The number of nitrogens with zero attached hydrogens (tertiary/aromatic N) is 4. The maximum absolute atomic E-state index is 13.6. The average Bonchev–Trinajstić information content (AvgIpc) is 3.30. The predicted molar refractivity (Wildman–Crippen MR) is 122 cm³/mol. The van der Waals surface area contributed by atoms with Crippen LogP contribution in [-0.4, -0.2) is 24.3 Å². The fourth-order valence-corrected chi connectivity index (χ4v) is 4.01. The molecule has 0 bridgehead atoms. The lowest BCUT2D eigenvalue weighted by Crippen LogP contribution is -2.27. The average molecular weight is 408 g/mol. The van der Waals surface area contributed by atoms with E-state index in [1.807, 2.05) is 79.0 Å². The van der Waals surface area contributed by atoms with Crippen molar-refractivity contribution >= 4 is 28.2 Å². The summed E-state index contributed by atoms with van der Waals surface area (Å²) < 4.78 is 4.83. The molecule has 0 aliphatic rings. The van der Waals surface area contributed by atoms with Crippen molar-refractivity contribution in [1.29, 1.82) is 0 Å². The number of hydrogen-bond donors (Lipinski definition) is 0. The Morgan fingerprint density at radius 1 is 0.935 bits per heavy atom. The van der Waals surface area contributed by atoms with Crippen molar-refractivity contribution in [3.8, 4) is 11.3 Å². The third-order valence-corrected chi connectivity index (χ3v) is 5.36. The summed E-state index contributed by atoms with van der Waals surface area (Å²) in [7, 11) is 0. The normalized spacial score (nSPS) is 11.3. The molecule has 0 spiro atoms. The van der Waals surface area contributed by atoms with Gasteiger partial charge in [-0.05, 0) is 31.2 Å². The van der Waals surface area contributed by atoms with Gasteiger partial charge >= 0.3 is 5.69 Å². The van der Waals surface area contributed by atoms with Crippen LogP contribution in [0, 0.1) is 0 Å². The summed E-state index contributed by atoms with van der Waals surface area (Å²) in [5, 5.41) is 0. The molecule has 0 radical (unpaired) electrons. The molecule has 0 unspecified atom stereocenters. The van der Waals surface area contributed by atoms with E-state index in [1.54, 1.807) is 11.3 Å². The number of imidazole rings is 2. The lowest BCUT2D eigenvalue weighted by molar-refractivity contribution is 0.0967. The minimum Gasteiger partial charge on any atom is -0.296 e. The number of rotatable bonds is 5. The highest BCUT2D eigenvalue weighted by atomic mass is 16.2. The van der Waals surface area contributed by atoms with Gasteiger partial charge in [0, 0.05) is 17.5 Å². The quantitative estimate of drug-likeness (QED) is 0.403. The van der Waals surface area contributed by atoms with Gasteiger partial charge in [0.2, 0.25) is 5.78 Å². The van der Waals surface area contributed by atoms with Crippen LogP contribution in [0.15, 0.2) is 90.4 Å². The third kappa shape index (κ3) is 3.00. The van der Waals surface area contributed by atoms with Crippen molar-refractivity contribution < 1.29 is 4.79 Å². The van der Waals surface area contributed by atoms with E-state index in [0.717, 1.165) is 11.1 Å². The number of carbonyl (C=O) groups is 1. The second kappa shape index (κ2) is 7.25. The smallest absolute Gasteiger partial charge is 0.296 e. The van der Waals surface area contributed by atoms with Crippen LogP contribution in [0.2, 0.25) is 0 Å². The summed E-state index contributed by atoms with van der Waals surface area (Å²) in [4.78, 5) is 31.4. The molecular weight excluding hydrogens is 388 g/mol. The molecule has 0 saturated carbocycles. The van der Waals surface area contributed by atoms with E-state index in [-0.39, 0.29) is 18.0 Å². The highest BCUT2D eigenvalue weighted by Gasteiger charge is 2.23. The molecule has 3 heterocycles. The Morgan fingerprint density at radius 2 is 1.61 bits per heavy atom. The van der Waals surface area contributed by atoms with E-state index in [2.05, 4.69) is 6.58 Å². The Kier molecular flexibility index (Phi) is 4.40. The second-order valence-electron chi connectivity index (χ2n) is 7.46. The molecule has 5 aromatic rings. The van der Waals surface area contributed by atoms with Crippen LogP contribution in [0.3, 0.4) is 0 Å². The number of ketones is 1. The van der Waals surface area contributed by atoms with Crippen LogP contribution in [0.1, 0.15) is 17.4 Å². The number of aromatic nitrogens is 4. The maximum Gasteiger partial charge on any atom is 0.333 e. The van der Waals surface area contributed by atoms with Crippen molar-refractivity contribution in [2.45, 2.75) is 13.5 Å². The van der Waals surface area contributed by atoms with E-state index >= 15 is 0 Å². The molecule has 3 aromatic heterocycles. The van der Waals surface area contributed by atoms with E-state index in [9.17, 15) is 9.59 Å². The lowest BCUT2D eigenvalue weighted by Gasteiger charge is -2.06. The molecule has 0 fully saturated rings. The minimum atomic E-state index is -0.280. The number of hydrogen-bond acceptors (Lipinski definition) is 3. The highest BCUT2D eigenvalue weighted by molar-refractivity contribution is 6.01. The van der Waals surface area contributed by atoms with Crippen molar-refractivity contribution in [3.05, 3.63) is 102 Å². The van der Waals surface area contributed by atoms with Crippen molar-refractivity contribution in [2.75, 3.05) is 0 Å². The van der Waals surface area contributed by atoms with Crippen LogP contribution in [0.4, 0.5) is 0 Å². The van der Waals surface area contributed by atoms with E-state index in [4.69, 9.17) is 4.98 Å². The monoisotopic (exact) mass is 408 g/mol. The van der Waals surface area contributed by atoms with Gasteiger partial charge in [0.1, 0.15) is 17.0 Å². The van der Waals surface area contributed by atoms with E-state index in [1.165, 1.54) is 9.13 Å². The predicted octanol–water partition coefficient (Wildman–Crippen LogP) is 4.49. The van der Waals surface area contributed by atoms with Gasteiger partial charge in [-0.25, -0.2) is 9.78 Å². The number of para-hydroxylation sites is 2. The number of pyridine rings is 1. The molecule has 0 amide bonds. The first-order valence-corrected chi connectivity index (χ1v) is 9.98. The maximum atomic E-state index is 13.6. The van der Waals surface area contributed by atoms with Gasteiger partial charge in [-0.3, -0.25) is 18.3 Å². The van der Waals surface area contributed by atoms with E-state index in [0.29, 0.717) is 28.2 Å². The Morgan fingerprint density at radius 3 is 2.35 bits per heavy atom. The van der Waals surface area contributed by atoms with Crippen molar-refractivity contribution in [3.63, 3.8) is 0 Å². The Hall–Kier alpha value is -4.19. The summed E-state index contributed by atoms with van der Waals surface area (Å²) in [6, 6.07) is 22.6. The van der Waals surface area contributed by atoms with Gasteiger partial charge in [-0.15, -0.1) is 0 Å². The van der Waals surface area contributed by atoms with Gasteiger partial charge in [-0.1, -0.05) is 55.1 Å². The van der Waals surface area contributed by atoms with Crippen LogP contribution < -0.4 is 5.69 Å². The third-order valence-electron chi connectivity index (χ3n) is 5.36. The fourth-order valence-electron chi connectivity index (χ4n) is 4.01. The zero-order valence-electron chi connectivity index (χ0n) is 17.0. The molecule has 0 aliphatic heterocycles. The first kappa shape index (κ1) is 18.8. The van der Waals surface area contributed by atoms with Gasteiger partial charge < -0.3 is 0 Å². The first-order chi connectivity index (χ1) is 15.1. The molecule has 0 N–H and O–H groups in total. The van der Waals surface area contributed by atoms with Crippen molar-refractivity contribution in [1.82, 2.24) is 18.5 Å². The zero-order chi connectivity index (χ0) is 21.5. The molecule has 0 aliphatic carbocycles. The number of fused-ring (bicyclic) bond motifs is 2. The molecule has 0 saturated heterocycles. The molecule has 0 atom stereocenters. The molecule has 2 aromatic carbocycles. The van der Waals surface area contributed by atoms with Gasteiger partial charge in [0.25, 0.3) is 0 Å². The fraction of sp³-hybridized carbons (Fsp3) is 0.0800. The van der Waals surface area contributed by atoms with Crippen molar-refractivity contribution in [2.24, 2.45) is 0 Å². The Balaban J connectivity index is 1.69. The number of carbonyl (C=O) groups excluding carboxylic acids is 1. The number of benzene rings is 2. The molecule has 6 heteroatoms. The molecule has 6 nitrogen and oxygen atoms in total. The van der Waals surface area contributed by atoms with E-state index < -0.39 is 0 Å². The van der Waals surface area contributed by atoms with Crippen LogP contribution in [0.25, 0.3) is 33.6 Å². The van der Waals surface area contributed by atoms with Crippen LogP contribution in [0.5, 0.6) is 0 Å². The summed E-state index contributed by atoms with van der Waals surface area (Å²) in [5.74, 6) is -0.190. The minimum absolute atomic E-state index is 0.0951. The molecule has 5 rings (SSSR count). The Bertz CT molecular complexity index is 1520. The summed E-state index contributed by atoms with van der Waals surface area (Å²) in [5.41, 5.74) is 4.35. The number of allylic oxidation sites excluding steroid dienone is 1. The summed E-state index contributed by atoms with van der Waals surface area (Å²) >= 11 is 0. The topological polar surface area (TPSA) is 61.3 Å². The van der Waals surface area contributed by atoms with Crippen LogP contribution in [-0.2, 0) is 6.54 Å². The summed E-state index contributed by atoms with van der Waals surface area (Å²) in [6.45, 7) is 5.60. The highest BCUT2D eigenvalue weighted by Crippen LogP contribution is 2.25. The van der Waals surface area contributed by atoms with Crippen LogP contribution >= 0.6 is 0 Å². The first-order valence-electron chi connectivity index (χ1n) is 9.98. The van der Waals surface area contributed by atoms with Gasteiger partial charge in [0.15, 0.2) is 0 Å². The second-order valence-corrected chi connectivity index (χ2v) is 7.46. The zero-order valence-corrected chi connectivity index (χ0v) is 17.0. The van der Waals surface area contributed by atoms with Gasteiger partial charge in [-0.2, -0.15) is 0 Å². The molecular formula is C25H20N4O2. The largest absolute Gasteiger partial charge is 0.333 e. The molecule has 152 valence electrons. The standard InChI is InChI=1S/C25H20N4O2/c1-17(2)29-20-13-7-6-12-19(20)28(25(29)31)16-21(30)24-23(18-10-4-3-5-11-18)26-22-14-8-9-15-27(22)24/h3-15H,1,16H2,2H3. The molecule has 31 heavy (non-hydrogen) atoms. The summed E-state index contributed by atoms with van der Waals surface area (Å²) in [6.07, 6.45) is 1.82. The number of Topliss-reactive ketones (excluding diaryl/α,β-unsaturated/α-hetero) is 1. The lowest BCUT2D eigenvalue weighted by atomic mass is 10.1. The van der Waals surface area contributed by atoms with Gasteiger partial charge in [0.05, 0.1) is 17.6 Å².